The van der Waals surface area contributed by atoms with Crippen LogP contribution in [0.1, 0.15) is 27.1 Å². The number of hydrogen-bond acceptors (Lipinski definition) is 5. The quantitative estimate of drug-likeness (QED) is 0.262. The third-order valence-corrected chi connectivity index (χ3v) is 8.14. The largest absolute Gasteiger partial charge is 0.454 e. The van der Waals surface area contributed by atoms with Crippen LogP contribution in [0.15, 0.2) is 54.6 Å². The number of ketones is 1. The first-order chi connectivity index (χ1) is 16.3. The van der Waals surface area contributed by atoms with E-state index >= 15 is 0 Å². The zero-order valence-corrected chi connectivity index (χ0v) is 19.3. The number of benzene rings is 2. The Hall–Kier alpha value is -2.96. The number of amides is 2. The number of hydrogen-bond donors (Lipinski definition) is 0. The number of carbonyl (C=O) groups excluding carboxylic acids is 4. The van der Waals surface area contributed by atoms with E-state index in [0.29, 0.717) is 22.5 Å². The fourth-order valence-corrected chi connectivity index (χ4v) is 6.48. The third-order valence-electron chi connectivity index (χ3n) is 7.59. The van der Waals surface area contributed by atoms with Gasteiger partial charge in [-0.05, 0) is 72.6 Å². The maximum Gasteiger partial charge on any atom is 0.338 e. The van der Waals surface area contributed by atoms with Gasteiger partial charge in [-0.2, -0.15) is 0 Å². The number of anilines is 1. The first kappa shape index (κ1) is 21.6. The molecule has 0 unspecified atom stereocenters. The molecular formula is C26H19Cl2NO5. The molecule has 34 heavy (non-hydrogen) atoms. The van der Waals surface area contributed by atoms with Gasteiger partial charge in [0.2, 0.25) is 17.6 Å². The summed E-state index contributed by atoms with van der Waals surface area (Å²) in [6.45, 7) is -0.480. The minimum Gasteiger partial charge on any atom is -0.454 e. The Bertz CT molecular complexity index is 1250. The molecule has 8 heteroatoms. The van der Waals surface area contributed by atoms with Gasteiger partial charge in [0.15, 0.2) is 6.61 Å². The van der Waals surface area contributed by atoms with E-state index in [1.54, 1.807) is 12.1 Å². The van der Waals surface area contributed by atoms with Gasteiger partial charge in [0, 0.05) is 10.6 Å². The van der Waals surface area contributed by atoms with Crippen LogP contribution in [-0.4, -0.2) is 30.2 Å². The summed E-state index contributed by atoms with van der Waals surface area (Å²) in [4.78, 5) is 52.5. The molecular weight excluding hydrogens is 477 g/mol. The van der Waals surface area contributed by atoms with Gasteiger partial charge in [-0.1, -0.05) is 35.4 Å². The fourth-order valence-electron chi connectivity index (χ4n) is 5.97. The predicted octanol–water partition coefficient (Wildman–Crippen LogP) is 4.59. The summed E-state index contributed by atoms with van der Waals surface area (Å²) in [5, 5.41) is 0.577. The normalized spacial score (nSPS) is 30.2. The van der Waals surface area contributed by atoms with Crippen LogP contribution in [0.5, 0.6) is 0 Å². The summed E-state index contributed by atoms with van der Waals surface area (Å²) in [5.74, 6) is -0.621. The van der Waals surface area contributed by atoms with Crippen molar-refractivity contribution >= 4 is 52.5 Å². The average molecular weight is 496 g/mol. The van der Waals surface area contributed by atoms with E-state index < -0.39 is 18.4 Å². The molecule has 6 atom stereocenters. The Morgan fingerprint density at radius 2 is 1.53 bits per heavy atom. The molecule has 2 bridgehead atoms. The molecule has 2 aromatic carbocycles. The summed E-state index contributed by atoms with van der Waals surface area (Å²) in [7, 11) is 0. The summed E-state index contributed by atoms with van der Waals surface area (Å²) >= 11 is 11.9. The monoisotopic (exact) mass is 495 g/mol. The van der Waals surface area contributed by atoms with Crippen molar-refractivity contribution in [1.82, 2.24) is 0 Å². The lowest BCUT2D eigenvalue weighted by molar-refractivity contribution is -0.124. The van der Waals surface area contributed by atoms with E-state index in [2.05, 4.69) is 12.2 Å². The van der Waals surface area contributed by atoms with E-state index in [0.717, 1.165) is 6.42 Å². The Morgan fingerprint density at radius 3 is 2.12 bits per heavy atom. The smallest absolute Gasteiger partial charge is 0.338 e. The predicted molar refractivity (Wildman–Crippen MR) is 125 cm³/mol. The first-order valence-electron chi connectivity index (χ1n) is 11.2. The zero-order valence-electron chi connectivity index (χ0n) is 17.8. The molecule has 0 aromatic heterocycles. The number of imide groups is 1. The highest BCUT2D eigenvalue weighted by molar-refractivity contribution is 6.36. The van der Waals surface area contributed by atoms with Crippen LogP contribution in [0, 0.1) is 35.5 Å². The molecule has 2 aromatic rings. The third kappa shape index (κ3) is 3.23. The second-order valence-electron chi connectivity index (χ2n) is 9.34. The van der Waals surface area contributed by atoms with Crippen LogP contribution in [0.2, 0.25) is 10.0 Å². The van der Waals surface area contributed by atoms with Gasteiger partial charge in [0.25, 0.3) is 0 Å². The van der Waals surface area contributed by atoms with Crippen LogP contribution in [-0.2, 0) is 14.3 Å². The molecule has 1 saturated heterocycles. The lowest BCUT2D eigenvalue weighted by Gasteiger charge is -2.37. The van der Waals surface area contributed by atoms with Crippen LogP contribution in [0.4, 0.5) is 5.69 Å². The number of halogens is 2. The molecule has 4 aliphatic carbocycles. The lowest BCUT2D eigenvalue weighted by Crippen LogP contribution is -2.40. The SMILES string of the molecule is O=C(OCC(=O)c1ccc(Cl)cc1Cl)c1ccc(N2C(=O)[C@@H]3[C@@H]4C=C[C@@H]([C@H]5C[C@@H]45)[C@@H]3C2=O)cc1. The topological polar surface area (TPSA) is 80.8 Å². The number of rotatable bonds is 5. The van der Waals surface area contributed by atoms with E-state index in [4.69, 9.17) is 27.9 Å². The van der Waals surface area contributed by atoms with Gasteiger partial charge in [-0.3, -0.25) is 19.3 Å². The molecule has 0 N–H and O–H groups in total. The molecule has 1 aliphatic heterocycles. The first-order valence-corrected chi connectivity index (χ1v) is 11.9. The molecule has 0 spiro atoms. The van der Waals surface area contributed by atoms with Gasteiger partial charge < -0.3 is 4.74 Å². The summed E-state index contributed by atoms with van der Waals surface area (Å²) in [6, 6.07) is 10.6. The highest BCUT2D eigenvalue weighted by atomic mass is 35.5. The number of carbonyl (C=O) groups is 4. The maximum atomic E-state index is 13.2. The number of ether oxygens (including phenoxy) is 1. The van der Waals surface area contributed by atoms with Crippen LogP contribution in [0.25, 0.3) is 0 Å². The van der Waals surface area contributed by atoms with Crippen molar-refractivity contribution in [3.05, 3.63) is 75.8 Å². The summed E-state index contributed by atoms with van der Waals surface area (Å²) in [5.41, 5.74) is 0.860. The van der Waals surface area contributed by atoms with Gasteiger partial charge in [0.1, 0.15) is 0 Å². The Labute approximate surface area is 205 Å². The molecule has 2 amide bonds. The number of Topliss-reactive ketones (excluding diaryl/α,β-unsaturated/α-hetero) is 1. The lowest BCUT2D eigenvalue weighted by atomic mass is 9.63. The molecule has 7 rings (SSSR count). The average Bonchev–Trinajstić information content (AvgIpc) is 3.61. The van der Waals surface area contributed by atoms with Crippen molar-refractivity contribution in [3.63, 3.8) is 0 Å². The maximum absolute atomic E-state index is 13.2. The standard InChI is InChI=1S/C26H19Cl2NO5/c27-13-3-6-17(20(28)9-13)21(30)11-34-26(33)12-1-4-14(5-2-12)29-24(31)22-15-7-8-16(19-10-18(15)19)23(22)25(29)32/h1-9,15-16,18-19,22-23H,10-11H2/t15-,16+,18+,19-,22-,23+. The van der Waals surface area contributed by atoms with Crippen molar-refractivity contribution in [1.29, 1.82) is 0 Å². The van der Waals surface area contributed by atoms with E-state index in [9.17, 15) is 19.2 Å². The van der Waals surface area contributed by atoms with Crippen LogP contribution < -0.4 is 4.90 Å². The van der Waals surface area contributed by atoms with Crippen molar-refractivity contribution in [3.8, 4) is 0 Å². The van der Waals surface area contributed by atoms with Gasteiger partial charge >= 0.3 is 5.97 Å². The minimum atomic E-state index is -0.694. The van der Waals surface area contributed by atoms with E-state index in [1.165, 1.54) is 35.2 Å². The molecule has 1 heterocycles. The Morgan fingerprint density at radius 1 is 0.912 bits per heavy atom. The van der Waals surface area contributed by atoms with Gasteiger partial charge in [-0.25, -0.2) is 4.79 Å². The number of nitrogens with zero attached hydrogens (tertiary/aromatic N) is 1. The number of esters is 1. The fraction of sp³-hybridized carbons (Fsp3) is 0.308. The number of allylic oxidation sites excluding steroid dienone is 2. The Kier molecular flexibility index (Phi) is 4.94. The van der Waals surface area contributed by atoms with Crippen molar-refractivity contribution in [2.24, 2.45) is 35.5 Å². The van der Waals surface area contributed by atoms with E-state index in [-0.39, 0.29) is 51.6 Å². The van der Waals surface area contributed by atoms with E-state index in [1.807, 2.05) is 0 Å². The molecule has 0 radical (unpaired) electrons. The molecule has 5 aliphatic rings. The molecule has 2 saturated carbocycles. The highest BCUT2D eigenvalue weighted by Gasteiger charge is 2.67. The second-order valence-corrected chi connectivity index (χ2v) is 10.2. The Balaban J connectivity index is 1.14. The molecule has 6 nitrogen and oxygen atoms in total. The highest BCUT2D eigenvalue weighted by Crippen LogP contribution is 2.65. The van der Waals surface area contributed by atoms with Gasteiger partial charge in [-0.15, -0.1) is 0 Å². The van der Waals surface area contributed by atoms with Crippen molar-refractivity contribution in [2.45, 2.75) is 6.42 Å². The molecule has 172 valence electrons. The minimum absolute atomic E-state index is 0.152. The van der Waals surface area contributed by atoms with Crippen molar-refractivity contribution in [2.75, 3.05) is 11.5 Å². The zero-order chi connectivity index (χ0) is 23.7. The summed E-state index contributed by atoms with van der Waals surface area (Å²) < 4.78 is 5.13. The van der Waals surface area contributed by atoms with Gasteiger partial charge in [0.05, 0.1) is 28.1 Å². The summed E-state index contributed by atoms with van der Waals surface area (Å²) in [6.07, 6.45) is 5.37. The second kappa shape index (κ2) is 7.79. The van der Waals surface area contributed by atoms with Crippen LogP contribution >= 0.6 is 23.2 Å². The van der Waals surface area contributed by atoms with Crippen LogP contribution in [0.3, 0.4) is 0 Å². The molecule has 3 fully saturated rings. The van der Waals surface area contributed by atoms with Crippen molar-refractivity contribution < 1.29 is 23.9 Å².